The summed E-state index contributed by atoms with van der Waals surface area (Å²) in [5.74, 6) is 0.285. The number of methoxy groups -OCH3 is 1. The Morgan fingerprint density at radius 1 is 1.15 bits per heavy atom. The molecule has 5 heteroatoms. The Labute approximate surface area is 156 Å². The summed E-state index contributed by atoms with van der Waals surface area (Å²) in [6, 6.07) is 6.01. The van der Waals surface area contributed by atoms with E-state index < -0.39 is 5.60 Å². The maximum atomic E-state index is 11.9. The Balaban J connectivity index is 1.88. The number of benzene rings is 1. The summed E-state index contributed by atoms with van der Waals surface area (Å²) in [6.45, 7) is 7.59. The zero-order chi connectivity index (χ0) is 19.3. The van der Waals surface area contributed by atoms with Crippen molar-refractivity contribution in [2.24, 2.45) is 5.92 Å². The van der Waals surface area contributed by atoms with Crippen LogP contribution in [0.3, 0.4) is 0 Å². The highest BCUT2D eigenvalue weighted by atomic mass is 16.6. The minimum atomic E-state index is -0.469. The summed E-state index contributed by atoms with van der Waals surface area (Å²) >= 11 is 0. The van der Waals surface area contributed by atoms with Crippen molar-refractivity contribution in [3.05, 3.63) is 34.9 Å². The van der Waals surface area contributed by atoms with Gasteiger partial charge in [0.2, 0.25) is 0 Å². The normalized spacial score (nSPS) is 20.3. The molecule has 1 saturated carbocycles. The SMILES string of the molecule is COC(=O)c1cccc(CC2CCC(NC(=O)OC(C)(C)C)CC2)c1C. The lowest BCUT2D eigenvalue weighted by molar-refractivity contribution is 0.0486. The summed E-state index contributed by atoms with van der Waals surface area (Å²) in [5, 5.41) is 2.98. The summed E-state index contributed by atoms with van der Waals surface area (Å²) in [6.07, 6.45) is 4.65. The maximum Gasteiger partial charge on any atom is 0.407 e. The van der Waals surface area contributed by atoms with Gasteiger partial charge in [0.25, 0.3) is 0 Å². The number of ether oxygens (including phenoxy) is 2. The summed E-state index contributed by atoms with van der Waals surface area (Å²) in [4.78, 5) is 23.7. The van der Waals surface area contributed by atoms with Gasteiger partial charge in [0, 0.05) is 6.04 Å². The van der Waals surface area contributed by atoms with Crippen LogP contribution in [0.4, 0.5) is 4.79 Å². The average molecular weight is 361 g/mol. The van der Waals surface area contributed by atoms with E-state index in [1.807, 2.05) is 39.8 Å². The largest absolute Gasteiger partial charge is 0.465 e. The molecule has 1 fully saturated rings. The van der Waals surface area contributed by atoms with Crippen LogP contribution in [-0.2, 0) is 15.9 Å². The molecule has 0 aromatic heterocycles. The lowest BCUT2D eigenvalue weighted by Crippen LogP contribution is -2.41. The molecule has 144 valence electrons. The van der Waals surface area contributed by atoms with E-state index in [1.54, 1.807) is 0 Å². The van der Waals surface area contributed by atoms with Crippen LogP contribution in [0, 0.1) is 12.8 Å². The fraction of sp³-hybridized carbons (Fsp3) is 0.619. The van der Waals surface area contributed by atoms with E-state index in [-0.39, 0.29) is 18.1 Å². The van der Waals surface area contributed by atoms with Crippen LogP contribution >= 0.6 is 0 Å². The second kappa shape index (κ2) is 8.56. The van der Waals surface area contributed by atoms with E-state index in [0.29, 0.717) is 11.5 Å². The van der Waals surface area contributed by atoms with Crippen LogP contribution in [-0.4, -0.2) is 30.8 Å². The van der Waals surface area contributed by atoms with E-state index in [1.165, 1.54) is 12.7 Å². The van der Waals surface area contributed by atoms with Crippen LogP contribution < -0.4 is 5.32 Å². The molecule has 1 N–H and O–H groups in total. The lowest BCUT2D eigenvalue weighted by atomic mass is 9.81. The lowest BCUT2D eigenvalue weighted by Gasteiger charge is -2.30. The molecule has 1 aromatic rings. The van der Waals surface area contributed by atoms with Crippen LogP contribution in [0.2, 0.25) is 0 Å². The molecule has 2 rings (SSSR count). The van der Waals surface area contributed by atoms with E-state index >= 15 is 0 Å². The number of esters is 1. The molecule has 0 atom stereocenters. The first kappa shape index (κ1) is 20.3. The smallest absolute Gasteiger partial charge is 0.407 e. The van der Waals surface area contributed by atoms with Crippen molar-refractivity contribution < 1.29 is 19.1 Å². The van der Waals surface area contributed by atoms with Gasteiger partial charge in [-0.15, -0.1) is 0 Å². The summed E-state index contributed by atoms with van der Waals surface area (Å²) in [5.41, 5.74) is 2.39. The van der Waals surface area contributed by atoms with Crippen LogP contribution in [0.25, 0.3) is 0 Å². The predicted octanol–water partition coefficient (Wildman–Crippen LogP) is 4.41. The van der Waals surface area contributed by atoms with E-state index in [9.17, 15) is 9.59 Å². The summed E-state index contributed by atoms with van der Waals surface area (Å²) in [7, 11) is 1.41. The molecule has 1 aliphatic carbocycles. The number of hydrogen-bond donors (Lipinski definition) is 1. The van der Waals surface area contributed by atoms with Gasteiger partial charge >= 0.3 is 12.1 Å². The Kier molecular flexibility index (Phi) is 6.68. The average Bonchev–Trinajstić information content (AvgIpc) is 2.56. The summed E-state index contributed by atoms with van der Waals surface area (Å²) < 4.78 is 10.2. The van der Waals surface area contributed by atoms with Crippen molar-refractivity contribution in [2.45, 2.75) is 71.4 Å². The molecule has 26 heavy (non-hydrogen) atoms. The van der Waals surface area contributed by atoms with Gasteiger partial charge in [-0.3, -0.25) is 0 Å². The van der Waals surface area contributed by atoms with Gasteiger partial charge < -0.3 is 14.8 Å². The third kappa shape index (κ3) is 5.75. The van der Waals surface area contributed by atoms with Crippen molar-refractivity contribution in [2.75, 3.05) is 7.11 Å². The van der Waals surface area contributed by atoms with Gasteiger partial charge in [-0.1, -0.05) is 12.1 Å². The Morgan fingerprint density at radius 3 is 2.38 bits per heavy atom. The maximum absolute atomic E-state index is 11.9. The quantitative estimate of drug-likeness (QED) is 0.807. The van der Waals surface area contributed by atoms with Crippen LogP contribution in [0.15, 0.2) is 18.2 Å². The van der Waals surface area contributed by atoms with Crippen molar-refractivity contribution in [3.8, 4) is 0 Å². The molecule has 0 unspecified atom stereocenters. The fourth-order valence-electron chi connectivity index (χ4n) is 3.53. The molecule has 5 nitrogen and oxygen atoms in total. The number of nitrogens with one attached hydrogen (secondary N) is 1. The standard InChI is InChI=1S/C21H31NO4/c1-14-16(7-6-8-18(14)19(23)25-5)13-15-9-11-17(12-10-15)22-20(24)26-21(2,3)4/h6-8,15,17H,9-13H2,1-5H3,(H,22,24). The zero-order valence-electron chi connectivity index (χ0n) is 16.6. The Morgan fingerprint density at radius 2 is 1.81 bits per heavy atom. The Bertz CT molecular complexity index is 640. The minimum Gasteiger partial charge on any atom is -0.465 e. The van der Waals surface area contributed by atoms with Gasteiger partial charge in [0.05, 0.1) is 12.7 Å². The van der Waals surface area contributed by atoms with Crippen molar-refractivity contribution in [1.29, 1.82) is 0 Å². The third-order valence-electron chi connectivity index (χ3n) is 4.93. The highest BCUT2D eigenvalue weighted by Gasteiger charge is 2.25. The molecular weight excluding hydrogens is 330 g/mol. The molecule has 0 saturated heterocycles. The third-order valence-corrected chi connectivity index (χ3v) is 4.93. The number of carbonyl (C=O) groups excluding carboxylic acids is 2. The second-order valence-corrected chi connectivity index (χ2v) is 8.15. The monoisotopic (exact) mass is 361 g/mol. The van der Waals surface area contributed by atoms with Crippen molar-refractivity contribution in [3.63, 3.8) is 0 Å². The first-order valence-electron chi connectivity index (χ1n) is 9.36. The predicted molar refractivity (Wildman–Crippen MR) is 101 cm³/mol. The van der Waals surface area contributed by atoms with Gasteiger partial charge in [-0.05, 0) is 82.9 Å². The molecular formula is C21H31NO4. The van der Waals surface area contributed by atoms with Gasteiger partial charge in [0.1, 0.15) is 5.60 Å². The number of rotatable bonds is 4. The van der Waals surface area contributed by atoms with E-state index in [0.717, 1.165) is 37.7 Å². The molecule has 0 spiro atoms. The van der Waals surface area contributed by atoms with Crippen LogP contribution in [0.5, 0.6) is 0 Å². The van der Waals surface area contributed by atoms with Gasteiger partial charge in [-0.2, -0.15) is 0 Å². The van der Waals surface area contributed by atoms with Crippen molar-refractivity contribution >= 4 is 12.1 Å². The number of amides is 1. The fourth-order valence-corrected chi connectivity index (χ4v) is 3.53. The first-order chi connectivity index (χ1) is 12.2. The number of hydrogen-bond acceptors (Lipinski definition) is 4. The van der Waals surface area contributed by atoms with Gasteiger partial charge in [0.15, 0.2) is 0 Å². The number of carbonyl (C=O) groups is 2. The van der Waals surface area contributed by atoms with Crippen molar-refractivity contribution in [1.82, 2.24) is 5.32 Å². The number of alkyl carbamates (subject to hydrolysis) is 1. The molecule has 1 aromatic carbocycles. The van der Waals surface area contributed by atoms with Gasteiger partial charge in [-0.25, -0.2) is 9.59 Å². The second-order valence-electron chi connectivity index (χ2n) is 8.15. The topological polar surface area (TPSA) is 64.6 Å². The zero-order valence-corrected chi connectivity index (χ0v) is 16.6. The minimum absolute atomic E-state index is 0.184. The Hall–Kier alpha value is -2.04. The van der Waals surface area contributed by atoms with E-state index in [2.05, 4.69) is 11.4 Å². The molecule has 1 aliphatic rings. The molecule has 0 radical (unpaired) electrons. The van der Waals surface area contributed by atoms with E-state index in [4.69, 9.17) is 9.47 Å². The highest BCUT2D eigenvalue weighted by molar-refractivity contribution is 5.91. The molecule has 0 heterocycles. The molecule has 0 aliphatic heterocycles. The highest BCUT2D eigenvalue weighted by Crippen LogP contribution is 2.29. The first-order valence-corrected chi connectivity index (χ1v) is 9.36. The molecule has 0 bridgehead atoms. The molecule has 1 amide bonds. The van der Waals surface area contributed by atoms with Crippen LogP contribution in [0.1, 0.15) is 67.9 Å².